The van der Waals surface area contributed by atoms with Crippen LogP contribution in [0, 0.1) is 11.3 Å². The highest BCUT2D eigenvalue weighted by Crippen LogP contribution is 2.52. The highest BCUT2D eigenvalue weighted by molar-refractivity contribution is 5.79. The lowest BCUT2D eigenvalue weighted by Gasteiger charge is -2.51. The van der Waals surface area contributed by atoms with E-state index in [0.717, 1.165) is 25.7 Å². The van der Waals surface area contributed by atoms with Crippen LogP contribution in [0.25, 0.3) is 11.1 Å². The van der Waals surface area contributed by atoms with Crippen LogP contribution in [-0.4, -0.2) is 41.8 Å². The number of aliphatic carboxylic acids is 1. The Labute approximate surface area is 170 Å². The lowest BCUT2D eigenvalue weighted by molar-refractivity contribution is -0.154. The van der Waals surface area contributed by atoms with E-state index in [-0.39, 0.29) is 24.5 Å². The molecule has 5 nitrogen and oxygen atoms in total. The van der Waals surface area contributed by atoms with Gasteiger partial charge in [0.05, 0.1) is 5.92 Å². The van der Waals surface area contributed by atoms with Crippen molar-refractivity contribution in [2.24, 2.45) is 11.3 Å². The molecule has 5 heteroatoms. The number of likely N-dealkylation sites (tertiary alicyclic amines) is 1. The van der Waals surface area contributed by atoms with Gasteiger partial charge in [-0.1, -0.05) is 55.0 Å². The number of ether oxygens (including phenoxy) is 1. The largest absolute Gasteiger partial charge is 0.481 e. The van der Waals surface area contributed by atoms with Crippen LogP contribution in [0.3, 0.4) is 0 Å². The highest BCUT2D eigenvalue weighted by Gasteiger charge is 2.51. The van der Waals surface area contributed by atoms with Gasteiger partial charge in [0, 0.05) is 19.0 Å². The average Bonchev–Trinajstić information content (AvgIpc) is 3.04. The van der Waals surface area contributed by atoms with E-state index in [9.17, 15) is 14.7 Å². The summed E-state index contributed by atoms with van der Waals surface area (Å²) in [7, 11) is 0. The number of carbonyl (C=O) groups is 2. The van der Waals surface area contributed by atoms with Gasteiger partial charge >= 0.3 is 12.1 Å². The third-order valence-corrected chi connectivity index (χ3v) is 7.26. The van der Waals surface area contributed by atoms with Crippen molar-refractivity contribution < 1.29 is 19.4 Å². The third kappa shape index (κ3) is 2.91. The summed E-state index contributed by atoms with van der Waals surface area (Å²) in [5, 5.41) is 9.68. The van der Waals surface area contributed by atoms with Crippen LogP contribution in [0.15, 0.2) is 48.5 Å². The Hall–Kier alpha value is -2.82. The van der Waals surface area contributed by atoms with Crippen molar-refractivity contribution in [3.05, 3.63) is 59.7 Å². The number of nitrogens with zero attached hydrogens (tertiary/aromatic N) is 1. The number of hydrogen-bond acceptors (Lipinski definition) is 3. The molecule has 1 N–H and O–H groups in total. The number of fused-ring (bicyclic) bond motifs is 3. The molecular formula is C24H25NO4. The van der Waals surface area contributed by atoms with Gasteiger partial charge in [-0.15, -0.1) is 0 Å². The Balaban J connectivity index is 1.30. The van der Waals surface area contributed by atoms with Crippen molar-refractivity contribution in [1.82, 2.24) is 4.90 Å². The number of rotatable bonds is 3. The number of carbonyl (C=O) groups excluding carboxylic acids is 1. The van der Waals surface area contributed by atoms with E-state index in [0.29, 0.717) is 6.54 Å². The minimum atomic E-state index is -0.791. The molecule has 1 aliphatic heterocycles. The van der Waals surface area contributed by atoms with Gasteiger partial charge in [-0.05, 0) is 46.9 Å². The van der Waals surface area contributed by atoms with Crippen LogP contribution in [0.2, 0.25) is 0 Å². The molecule has 2 fully saturated rings. The molecule has 2 aromatic rings. The Morgan fingerprint density at radius 2 is 1.62 bits per heavy atom. The monoisotopic (exact) mass is 391 g/mol. The molecule has 0 aromatic heterocycles. The summed E-state index contributed by atoms with van der Waals surface area (Å²) in [6, 6.07) is 16.5. The first kappa shape index (κ1) is 18.2. The van der Waals surface area contributed by atoms with E-state index in [2.05, 4.69) is 24.3 Å². The lowest BCUT2D eigenvalue weighted by atomic mass is 9.57. The molecule has 29 heavy (non-hydrogen) atoms. The number of carboxylic acid groups (broad SMARTS) is 1. The highest BCUT2D eigenvalue weighted by atomic mass is 16.6. The molecular weight excluding hydrogens is 366 g/mol. The molecule has 1 atom stereocenters. The second-order valence-corrected chi connectivity index (χ2v) is 8.61. The number of hydrogen-bond donors (Lipinski definition) is 1. The quantitative estimate of drug-likeness (QED) is 0.836. The maximum Gasteiger partial charge on any atom is 0.409 e. The topological polar surface area (TPSA) is 66.8 Å². The Kier molecular flexibility index (Phi) is 4.34. The summed E-state index contributed by atoms with van der Waals surface area (Å²) in [5.41, 5.74) is 4.64. The van der Waals surface area contributed by atoms with Gasteiger partial charge in [0.25, 0.3) is 0 Å². The zero-order valence-electron chi connectivity index (χ0n) is 16.3. The number of carboxylic acids is 1. The van der Waals surface area contributed by atoms with Gasteiger partial charge in [0.15, 0.2) is 0 Å². The minimum Gasteiger partial charge on any atom is -0.481 e. The number of piperidine rings is 1. The first-order valence-electron chi connectivity index (χ1n) is 10.4. The first-order valence-corrected chi connectivity index (χ1v) is 10.4. The Morgan fingerprint density at radius 3 is 2.17 bits per heavy atom. The molecule has 1 saturated carbocycles. The predicted octanol–water partition coefficient (Wildman–Crippen LogP) is 4.51. The molecule has 1 spiro atoms. The summed E-state index contributed by atoms with van der Waals surface area (Å²) in [6.07, 6.45) is 3.38. The first-order chi connectivity index (χ1) is 14.1. The molecule has 1 heterocycles. The summed E-state index contributed by atoms with van der Waals surface area (Å²) < 4.78 is 5.72. The Morgan fingerprint density at radius 1 is 1.00 bits per heavy atom. The summed E-state index contributed by atoms with van der Waals surface area (Å²) in [4.78, 5) is 26.2. The van der Waals surface area contributed by atoms with Crippen molar-refractivity contribution in [2.75, 3.05) is 19.7 Å². The van der Waals surface area contributed by atoms with Crippen LogP contribution >= 0.6 is 0 Å². The molecule has 150 valence electrons. The predicted molar refractivity (Wildman–Crippen MR) is 109 cm³/mol. The van der Waals surface area contributed by atoms with Crippen LogP contribution in [0.5, 0.6) is 0 Å². The molecule has 2 aromatic carbocycles. The van der Waals surface area contributed by atoms with Gasteiger partial charge in [-0.2, -0.15) is 0 Å². The van der Waals surface area contributed by atoms with Gasteiger partial charge < -0.3 is 14.7 Å². The van der Waals surface area contributed by atoms with Gasteiger partial charge in [0.2, 0.25) is 0 Å². The van der Waals surface area contributed by atoms with E-state index < -0.39 is 18.0 Å². The van der Waals surface area contributed by atoms with E-state index in [4.69, 9.17) is 4.74 Å². The van der Waals surface area contributed by atoms with Gasteiger partial charge in [-0.3, -0.25) is 4.79 Å². The van der Waals surface area contributed by atoms with Crippen molar-refractivity contribution >= 4 is 12.1 Å². The smallest absolute Gasteiger partial charge is 0.409 e. The summed E-state index contributed by atoms with van der Waals surface area (Å²) >= 11 is 0. The van der Waals surface area contributed by atoms with E-state index in [1.807, 2.05) is 24.3 Å². The molecule has 5 rings (SSSR count). The molecule has 0 bridgehead atoms. The van der Waals surface area contributed by atoms with E-state index in [1.54, 1.807) is 4.90 Å². The number of amides is 1. The average molecular weight is 391 g/mol. The molecule has 1 amide bonds. The standard InChI is InChI=1S/C24H25NO4/c26-22(27)21-14-25(13-12-24(21)10-5-11-24)23(28)29-15-20-18-8-3-1-6-16(18)17-7-2-4-9-19(17)20/h1-4,6-9,20-21H,5,10-15H2,(H,26,27). The van der Waals surface area contributed by atoms with Crippen molar-refractivity contribution in [1.29, 1.82) is 0 Å². The molecule has 1 saturated heterocycles. The zero-order chi connectivity index (χ0) is 20.0. The molecule has 0 radical (unpaired) electrons. The van der Waals surface area contributed by atoms with Gasteiger partial charge in [0.1, 0.15) is 6.61 Å². The van der Waals surface area contributed by atoms with Crippen molar-refractivity contribution in [3.63, 3.8) is 0 Å². The third-order valence-electron chi connectivity index (χ3n) is 7.26. The van der Waals surface area contributed by atoms with Crippen LogP contribution in [0.4, 0.5) is 4.79 Å². The summed E-state index contributed by atoms with van der Waals surface area (Å²) in [5.74, 6) is -1.25. The fourth-order valence-electron chi connectivity index (χ4n) is 5.46. The van der Waals surface area contributed by atoms with Crippen LogP contribution in [-0.2, 0) is 9.53 Å². The molecule has 3 aliphatic rings. The maximum absolute atomic E-state index is 12.8. The second kappa shape index (κ2) is 6.90. The fourth-order valence-corrected chi connectivity index (χ4v) is 5.46. The minimum absolute atomic E-state index is 0.0179. The molecule has 2 aliphatic carbocycles. The maximum atomic E-state index is 12.8. The molecule has 1 unspecified atom stereocenters. The lowest BCUT2D eigenvalue weighted by Crippen LogP contribution is -2.55. The fraction of sp³-hybridized carbons (Fsp3) is 0.417. The SMILES string of the molecule is O=C(O)C1CN(C(=O)OCC2c3ccccc3-c3ccccc32)CCC12CCC2. The Bertz CT molecular complexity index is 919. The van der Waals surface area contributed by atoms with Crippen LogP contribution in [0.1, 0.15) is 42.7 Å². The normalized spacial score (nSPS) is 21.9. The van der Waals surface area contributed by atoms with Crippen molar-refractivity contribution in [3.8, 4) is 11.1 Å². The number of benzene rings is 2. The van der Waals surface area contributed by atoms with E-state index in [1.165, 1.54) is 22.3 Å². The van der Waals surface area contributed by atoms with Crippen LogP contribution < -0.4 is 0 Å². The summed E-state index contributed by atoms with van der Waals surface area (Å²) in [6.45, 7) is 1.11. The van der Waals surface area contributed by atoms with Crippen molar-refractivity contribution in [2.45, 2.75) is 31.6 Å². The van der Waals surface area contributed by atoms with E-state index >= 15 is 0 Å². The second-order valence-electron chi connectivity index (χ2n) is 8.61. The zero-order valence-corrected chi connectivity index (χ0v) is 16.3. The van der Waals surface area contributed by atoms with Gasteiger partial charge in [-0.25, -0.2) is 4.79 Å².